The monoisotopic (exact) mass is 266 g/mol. The highest BCUT2D eigenvalue weighted by atomic mass is 15.2. The number of rotatable bonds is 3. The van der Waals surface area contributed by atoms with E-state index in [2.05, 4.69) is 39.5 Å². The van der Waals surface area contributed by atoms with E-state index in [1.165, 1.54) is 38.8 Å². The zero-order valence-electron chi connectivity index (χ0n) is 13.7. The fourth-order valence-corrected chi connectivity index (χ4v) is 4.56. The first-order valence-corrected chi connectivity index (χ1v) is 8.26. The fourth-order valence-electron chi connectivity index (χ4n) is 4.56. The van der Waals surface area contributed by atoms with Crippen molar-refractivity contribution < 1.29 is 0 Å². The average molecular weight is 266 g/mol. The van der Waals surface area contributed by atoms with Crippen molar-refractivity contribution in [3.8, 4) is 0 Å². The molecule has 3 atom stereocenters. The van der Waals surface area contributed by atoms with E-state index in [4.69, 9.17) is 5.73 Å². The Bertz CT molecular complexity index is 310. The first kappa shape index (κ1) is 15.3. The van der Waals surface area contributed by atoms with Crippen LogP contribution in [0.3, 0.4) is 0 Å². The lowest BCUT2D eigenvalue weighted by molar-refractivity contribution is -0.0117. The molecule has 2 nitrogen and oxygen atoms in total. The van der Waals surface area contributed by atoms with Gasteiger partial charge < -0.3 is 5.73 Å². The second-order valence-corrected chi connectivity index (χ2v) is 8.32. The van der Waals surface area contributed by atoms with Gasteiger partial charge in [0.05, 0.1) is 0 Å². The molecule has 1 aliphatic heterocycles. The largest absolute Gasteiger partial charge is 0.329 e. The molecule has 0 aromatic rings. The van der Waals surface area contributed by atoms with E-state index in [1.54, 1.807) is 0 Å². The molecule has 0 amide bonds. The third-order valence-electron chi connectivity index (χ3n) is 6.16. The van der Waals surface area contributed by atoms with Crippen LogP contribution in [0, 0.1) is 23.2 Å². The molecule has 1 saturated carbocycles. The summed E-state index contributed by atoms with van der Waals surface area (Å²) in [7, 11) is 0. The van der Waals surface area contributed by atoms with Crippen LogP contribution in [0.5, 0.6) is 0 Å². The number of nitrogens with zero attached hydrogens (tertiary/aromatic N) is 1. The highest BCUT2D eigenvalue weighted by Gasteiger charge is 2.48. The van der Waals surface area contributed by atoms with Gasteiger partial charge in [-0.3, -0.25) is 4.90 Å². The molecule has 2 N–H and O–H groups in total. The Morgan fingerprint density at radius 1 is 1.26 bits per heavy atom. The molecule has 3 unspecified atom stereocenters. The zero-order chi connectivity index (χ0) is 14.3. The molecule has 0 aromatic carbocycles. The molecule has 2 rings (SSSR count). The predicted octanol–water partition coefficient (Wildman–Crippen LogP) is 3.51. The third kappa shape index (κ3) is 2.85. The summed E-state index contributed by atoms with van der Waals surface area (Å²) >= 11 is 0. The number of likely N-dealkylation sites (tertiary alicyclic amines) is 1. The van der Waals surface area contributed by atoms with Crippen molar-refractivity contribution >= 4 is 0 Å². The summed E-state index contributed by atoms with van der Waals surface area (Å²) in [5.74, 6) is 2.42. The molecule has 2 aliphatic rings. The molecule has 2 heteroatoms. The van der Waals surface area contributed by atoms with E-state index in [0.717, 1.165) is 24.3 Å². The van der Waals surface area contributed by atoms with Gasteiger partial charge in [0, 0.05) is 18.6 Å². The highest BCUT2D eigenvalue weighted by molar-refractivity contribution is 5.04. The lowest BCUT2D eigenvalue weighted by Gasteiger charge is -2.53. The minimum atomic E-state index is 0.291. The lowest BCUT2D eigenvalue weighted by atomic mass is 9.63. The third-order valence-corrected chi connectivity index (χ3v) is 6.16. The van der Waals surface area contributed by atoms with Crippen LogP contribution in [0.1, 0.15) is 60.3 Å². The van der Waals surface area contributed by atoms with E-state index in [9.17, 15) is 0 Å². The van der Waals surface area contributed by atoms with Gasteiger partial charge in [-0.05, 0) is 55.4 Å². The number of nitrogens with two attached hydrogens (primary N) is 1. The van der Waals surface area contributed by atoms with Gasteiger partial charge in [-0.1, -0.05) is 34.6 Å². The Balaban J connectivity index is 2.11. The molecule has 0 spiro atoms. The highest BCUT2D eigenvalue weighted by Crippen LogP contribution is 2.47. The summed E-state index contributed by atoms with van der Waals surface area (Å²) in [4.78, 5) is 2.76. The van der Waals surface area contributed by atoms with Crippen molar-refractivity contribution in [1.29, 1.82) is 0 Å². The maximum absolute atomic E-state index is 6.28. The van der Waals surface area contributed by atoms with Crippen LogP contribution < -0.4 is 5.73 Å². The van der Waals surface area contributed by atoms with Gasteiger partial charge in [-0.2, -0.15) is 0 Å². The molecule has 0 radical (unpaired) electrons. The molecule has 1 saturated heterocycles. The smallest absolute Gasteiger partial charge is 0.0357 e. The molecule has 0 bridgehead atoms. The fraction of sp³-hybridized carbons (Fsp3) is 1.00. The Labute approximate surface area is 120 Å². The quantitative estimate of drug-likeness (QED) is 0.847. The van der Waals surface area contributed by atoms with E-state index < -0.39 is 0 Å². The molecular weight excluding hydrogens is 232 g/mol. The molecular formula is C17H34N2. The molecule has 2 fully saturated rings. The van der Waals surface area contributed by atoms with Crippen LogP contribution in [0.2, 0.25) is 0 Å². The summed E-state index contributed by atoms with van der Waals surface area (Å²) < 4.78 is 0. The summed E-state index contributed by atoms with van der Waals surface area (Å²) in [5.41, 5.74) is 7.08. The number of hydrogen-bond donors (Lipinski definition) is 1. The van der Waals surface area contributed by atoms with Gasteiger partial charge in [0.15, 0.2) is 0 Å². The van der Waals surface area contributed by atoms with E-state index >= 15 is 0 Å². The SMILES string of the molecule is CC(C)C1CCN(C2(CN)CCC(C)(C)CC2C)C1. The van der Waals surface area contributed by atoms with Crippen LogP contribution in [0.25, 0.3) is 0 Å². The molecule has 0 aromatic heterocycles. The Morgan fingerprint density at radius 2 is 1.95 bits per heavy atom. The number of hydrogen-bond acceptors (Lipinski definition) is 2. The standard InChI is InChI=1S/C17H34N2/c1-13(2)15-6-9-19(11-15)17(12-18)8-7-16(4,5)10-14(17)3/h13-15H,6-12,18H2,1-5H3. The van der Waals surface area contributed by atoms with Gasteiger partial charge in [0.1, 0.15) is 0 Å². The van der Waals surface area contributed by atoms with E-state index in [0.29, 0.717) is 11.0 Å². The summed E-state index contributed by atoms with van der Waals surface area (Å²) in [6, 6.07) is 0. The summed E-state index contributed by atoms with van der Waals surface area (Å²) in [6.07, 6.45) is 5.32. The molecule has 112 valence electrons. The first-order valence-electron chi connectivity index (χ1n) is 8.26. The van der Waals surface area contributed by atoms with Crippen molar-refractivity contribution in [3.05, 3.63) is 0 Å². The molecule has 1 aliphatic carbocycles. The van der Waals surface area contributed by atoms with Crippen LogP contribution in [0.15, 0.2) is 0 Å². The Hall–Kier alpha value is -0.0800. The van der Waals surface area contributed by atoms with Crippen molar-refractivity contribution in [2.75, 3.05) is 19.6 Å². The van der Waals surface area contributed by atoms with Crippen molar-refractivity contribution in [2.45, 2.75) is 65.8 Å². The first-order chi connectivity index (χ1) is 8.81. The van der Waals surface area contributed by atoms with Crippen LogP contribution in [-0.2, 0) is 0 Å². The van der Waals surface area contributed by atoms with Crippen molar-refractivity contribution in [2.24, 2.45) is 28.9 Å². The van der Waals surface area contributed by atoms with Crippen molar-refractivity contribution in [3.63, 3.8) is 0 Å². The molecule has 1 heterocycles. The second kappa shape index (κ2) is 5.37. The Kier molecular flexibility index (Phi) is 4.32. The lowest BCUT2D eigenvalue weighted by Crippen LogP contribution is -2.60. The Morgan fingerprint density at radius 3 is 2.42 bits per heavy atom. The van der Waals surface area contributed by atoms with Crippen molar-refractivity contribution in [1.82, 2.24) is 4.90 Å². The minimum Gasteiger partial charge on any atom is -0.329 e. The molecule has 19 heavy (non-hydrogen) atoms. The maximum atomic E-state index is 6.28. The van der Waals surface area contributed by atoms with Crippen LogP contribution in [-0.4, -0.2) is 30.1 Å². The maximum Gasteiger partial charge on any atom is 0.0357 e. The second-order valence-electron chi connectivity index (χ2n) is 8.32. The topological polar surface area (TPSA) is 29.3 Å². The normalized spacial score (nSPS) is 39.9. The van der Waals surface area contributed by atoms with Gasteiger partial charge in [-0.25, -0.2) is 0 Å². The van der Waals surface area contributed by atoms with Crippen LogP contribution in [0.4, 0.5) is 0 Å². The summed E-state index contributed by atoms with van der Waals surface area (Å²) in [6.45, 7) is 15.4. The average Bonchev–Trinajstić information content (AvgIpc) is 2.79. The van der Waals surface area contributed by atoms with E-state index in [1.807, 2.05) is 0 Å². The van der Waals surface area contributed by atoms with Gasteiger partial charge in [0.25, 0.3) is 0 Å². The predicted molar refractivity (Wildman–Crippen MR) is 83.1 cm³/mol. The zero-order valence-corrected chi connectivity index (χ0v) is 13.7. The van der Waals surface area contributed by atoms with E-state index in [-0.39, 0.29) is 0 Å². The summed E-state index contributed by atoms with van der Waals surface area (Å²) in [5, 5.41) is 0. The minimum absolute atomic E-state index is 0.291. The van der Waals surface area contributed by atoms with Gasteiger partial charge >= 0.3 is 0 Å². The van der Waals surface area contributed by atoms with Gasteiger partial charge in [0.2, 0.25) is 0 Å². The van der Waals surface area contributed by atoms with Gasteiger partial charge in [-0.15, -0.1) is 0 Å². The van der Waals surface area contributed by atoms with Crippen LogP contribution >= 0.6 is 0 Å².